The molecule has 3 aromatic rings. The van der Waals surface area contributed by atoms with E-state index in [9.17, 15) is 0 Å². The van der Waals surface area contributed by atoms with Crippen LogP contribution < -0.4 is 5.01 Å². The maximum atomic E-state index is 5.25. The monoisotopic (exact) mass is 381 g/mol. The fraction of sp³-hybridized carbons (Fsp3) is 0.269. The Morgan fingerprint density at radius 2 is 1.38 bits per heavy atom. The van der Waals surface area contributed by atoms with Crippen LogP contribution in [0.5, 0.6) is 0 Å². The number of benzene rings is 3. The maximum absolute atomic E-state index is 5.25. The number of hydrazone groups is 1. The van der Waals surface area contributed by atoms with Crippen molar-refractivity contribution in [3.63, 3.8) is 0 Å². The first-order chi connectivity index (χ1) is 14.3. The molecule has 3 atom stereocenters. The van der Waals surface area contributed by atoms with Gasteiger partial charge in [0.05, 0.1) is 17.3 Å². The molecule has 2 heterocycles. The standard InChI is InChI=1S/C26H27N3/c1-3-23-21-17-11-12-18-22(21)24-25(19-13-7-5-8-14-19)27-29(26(24)28(23)4-2)20-15-9-6-10-16-20/h5-18,23-24,26H,3-4H2,1-2H3/t23-,24+,26-/m0/s1. The number of likely N-dealkylation sites (N-methyl/N-ethyl adjacent to an activating group) is 1. The molecule has 3 heteroatoms. The summed E-state index contributed by atoms with van der Waals surface area (Å²) in [5.74, 6) is 0.233. The van der Waals surface area contributed by atoms with Gasteiger partial charge in [0.25, 0.3) is 0 Å². The van der Waals surface area contributed by atoms with Crippen molar-refractivity contribution in [1.29, 1.82) is 0 Å². The molecule has 0 N–H and O–H groups in total. The molecule has 0 saturated carbocycles. The minimum absolute atomic E-state index is 0.192. The molecule has 0 spiro atoms. The second-order valence-electron chi connectivity index (χ2n) is 7.81. The highest BCUT2D eigenvalue weighted by Crippen LogP contribution is 2.48. The molecule has 2 aliphatic rings. The van der Waals surface area contributed by atoms with Crippen LogP contribution in [0.3, 0.4) is 0 Å². The third-order valence-electron chi connectivity index (χ3n) is 6.33. The molecule has 0 saturated heterocycles. The maximum Gasteiger partial charge on any atom is 0.118 e. The molecule has 0 aliphatic carbocycles. The van der Waals surface area contributed by atoms with Crippen LogP contribution in [0.4, 0.5) is 5.69 Å². The second-order valence-corrected chi connectivity index (χ2v) is 7.81. The van der Waals surface area contributed by atoms with E-state index in [-0.39, 0.29) is 12.1 Å². The van der Waals surface area contributed by atoms with Gasteiger partial charge in [-0.25, -0.2) is 5.01 Å². The highest BCUT2D eigenvalue weighted by molar-refractivity contribution is 6.08. The number of anilines is 1. The molecule has 29 heavy (non-hydrogen) atoms. The normalized spacial score (nSPS) is 23.4. The second kappa shape index (κ2) is 7.49. The number of fused-ring (bicyclic) bond motifs is 3. The summed E-state index contributed by atoms with van der Waals surface area (Å²) < 4.78 is 0. The number of nitrogens with zero attached hydrogens (tertiary/aromatic N) is 3. The zero-order valence-corrected chi connectivity index (χ0v) is 17.1. The summed E-state index contributed by atoms with van der Waals surface area (Å²) in [5, 5.41) is 7.51. The van der Waals surface area contributed by atoms with E-state index >= 15 is 0 Å². The molecule has 0 amide bonds. The van der Waals surface area contributed by atoms with E-state index in [1.54, 1.807) is 0 Å². The van der Waals surface area contributed by atoms with Gasteiger partial charge in [0.2, 0.25) is 0 Å². The van der Waals surface area contributed by atoms with Crippen LogP contribution in [0.25, 0.3) is 0 Å². The van der Waals surface area contributed by atoms with Gasteiger partial charge in [-0.05, 0) is 41.8 Å². The van der Waals surface area contributed by atoms with Gasteiger partial charge in [0.15, 0.2) is 0 Å². The molecule has 0 aromatic heterocycles. The third kappa shape index (κ3) is 2.89. The van der Waals surface area contributed by atoms with E-state index in [0.717, 1.165) is 18.7 Å². The first kappa shape index (κ1) is 18.1. The predicted octanol–water partition coefficient (Wildman–Crippen LogP) is 5.81. The van der Waals surface area contributed by atoms with Gasteiger partial charge in [-0.1, -0.05) is 86.6 Å². The average Bonchev–Trinajstić information content (AvgIpc) is 3.20. The van der Waals surface area contributed by atoms with E-state index in [2.05, 4.69) is 109 Å². The Morgan fingerprint density at radius 3 is 2.03 bits per heavy atom. The summed E-state index contributed by atoms with van der Waals surface area (Å²) in [5.41, 5.74) is 6.41. The number of hydrogen-bond donors (Lipinski definition) is 0. The van der Waals surface area contributed by atoms with E-state index in [1.165, 1.54) is 22.4 Å². The fourth-order valence-corrected chi connectivity index (χ4v) is 5.12. The first-order valence-corrected chi connectivity index (χ1v) is 10.7. The van der Waals surface area contributed by atoms with Crippen molar-refractivity contribution in [3.8, 4) is 0 Å². The summed E-state index contributed by atoms with van der Waals surface area (Å²) in [6.07, 6.45) is 1.29. The van der Waals surface area contributed by atoms with Crippen LogP contribution in [-0.4, -0.2) is 23.3 Å². The zero-order valence-electron chi connectivity index (χ0n) is 17.1. The lowest BCUT2D eigenvalue weighted by atomic mass is 9.78. The van der Waals surface area contributed by atoms with Gasteiger partial charge >= 0.3 is 0 Å². The van der Waals surface area contributed by atoms with Gasteiger partial charge in [-0.2, -0.15) is 5.10 Å². The summed E-state index contributed by atoms with van der Waals surface area (Å²) >= 11 is 0. The Labute approximate surface area is 173 Å². The smallest absolute Gasteiger partial charge is 0.118 e. The molecule has 3 aromatic carbocycles. The van der Waals surface area contributed by atoms with Crippen molar-refractivity contribution in [3.05, 3.63) is 102 Å². The molecule has 5 rings (SSSR count). The SMILES string of the molecule is CC[C@H]1c2ccccc2[C@@H]2C(c3ccccc3)=NN(c3ccccc3)[C@@H]2N1CC. The molecular weight excluding hydrogens is 354 g/mol. The van der Waals surface area contributed by atoms with Gasteiger partial charge in [-0.15, -0.1) is 0 Å². The van der Waals surface area contributed by atoms with Crippen molar-refractivity contribution < 1.29 is 0 Å². The highest BCUT2D eigenvalue weighted by Gasteiger charge is 2.48. The lowest BCUT2D eigenvalue weighted by Crippen LogP contribution is -2.52. The van der Waals surface area contributed by atoms with Gasteiger partial charge < -0.3 is 0 Å². The first-order valence-electron chi connectivity index (χ1n) is 10.7. The Morgan fingerprint density at radius 1 is 0.759 bits per heavy atom. The quantitative estimate of drug-likeness (QED) is 0.568. The van der Waals surface area contributed by atoms with Crippen LogP contribution in [0.1, 0.15) is 48.9 Å². The predicted molar refractivity (Wildman–Crippen MR) is 120 cm³/mol. The van der Waals surface area contributed by atoms with Crippen LogP contribution in [0, 0.1) is 0 Å². The number of hydrogen-bond acceptors (Lipinski definition) is 3. The molecule has 0 unspecified atom stereocenters. The van der Waals surface area contributed by atoms with Crippen LogP contribution >= 0.6 is 0 Å². The van der Waals surface area contributed by atoms with E-state index in [4.69, 9.17) is 5.10 Å². The minimum Gasteiger partial charge on any atom is -0.274 e. The Kier molecular flexibility index (Phi) is 4.69. The summed E-state index contributed by atoms with van der Waals surface area (Å²) in [4.78, 5) is 2.64. The van der Waals surface area contributed by atoms with Crippen LogP contribution in [0.15, 0.2) is 90.0 Å². The van der Waals surface area contributed by atoms with Crippen LogP contribution in [0.2, 0.25) is 0 Å². The van der Waals surface area contributed by atoms with Gasteiger partial charge in [-0.3, -0.25) is 4.90 Å². The van der Waals surface area contributed by atoms with Crippen molar-refractivity contribution in [1.82, 2.24) is 4.90 Å². The summed E-state index contributed by atoms with van der Waals surface area (Å²) in [6, 6.07) is 30.7. The third-order valence-corrected chi connectivity index (χ3v) is 6.33. The molecule has 0 bridgehead atoms. The van der Waals surface area contributed by atoms with Crippen molar-refractivity contribution >= 4 is 11.4 Å². The highest BCUT2D eigenvalue weighted by atomic mass is 15.6. The van der Waals surface area contributed by atoms with Crippen LogP contribution in [-0.2, 0) is 0 Å². The average molecular weight is 382 g/mol. The van der Waals surface area contributed by atoms with Gasteiger partial charge in [0, 0.05) is 6.04 Å². The topological polar surface area (TPSA) is 18.8 Å². The van der Waals surface area contributed by atoms with Gasteiger partial charge in [0.1, 0.15) is 6.17 Å². The molecule has 0 radical (unpaired) electrons. The van der Waals surface area contributed by atoms with E-state index in [1.807, 2.05) is 0 Å². The largest absolute Gasteiger partial charge is 0.274 e. The molecule has 3 nitrogen and oxygen atoms in total. The Bertz CT molecular complexity index is 1010. The molecule has 0 fully saturated rings. The van der Waals surface area contributed by atoms with Crippen molar-refractivity contribution in [2.24, 2.45) is 5.10 Å². The lowest BCUT2D eigenvalue weighted by Gasteiger charge is -2.46. The van der Waals surface area contributed by atoms with Crippen molar-refractivity contribution in [2.75, 3.05) is 11.6 Å². The molecule has 2 aliphatic heterocycles. The summed E-state index contributed by atoms with van der Waals surface area (Å²) in [6.45, 7) is 5.57. The van der Waals surface area contributed by atoms with E-state index in [0.29, 0.717) is 6.04 Å². The molecule has 146 valence electrons. The summed E-state index contributed by atoms with van der Waals surface area (Å²) in [7, 11) is 0. The number of rotatable bonds is 4. The Balaban J connectivity index is 1.73. The minimum atomic E-state index is 0.192. The molecular formula is C26H27N3. The van der Waals surface area contributed by atoms with E-state index < -0.39 is 0 Å². The Hall–Kier alpha value is -2.91. The number of para-hydroxylation sites is 1. The fourth-order valence-electron chi connectivity index (χ4n) is 5.12. The van der Waals surface area contributed by atoms with Crippen molar-refractivity contribution in [2.45, 2.75) is 38.4 Å². The zero-order chi connectivity index (χ0) is 19.8. The lowest BCUT2D eigenvalue weighted by molar-refractivity contribution is 0.117.